The Labute approximate surface area is 142 Å². The van der Waals surface area contributed by atoms with Crippen molar-refractivity contribution in [1.29, 1.82) is 0 Å². The van der Waals surface area contributed by atoms with Crippen LogP contribution in [0, 0.1) is 0 Å². The van der Waals surface area contributed by atoms with Crippen LogP contribution < -0.4 is 0 Å². The number of imidazole rings is 1. The molecule has 2 aromatic heterocycles. The Morgan fingerprint density at radius 3 is 3.04 bits per heavy atom. The van der Waals surface area contributed by atoms with Gasteiger partial charge < -0.3 is 4.98 Å². The molecule has 3 aromatic rings. The normalized spacial score (nSPS) is 18.0. The Hall–Kier alpha value is -2.20. The number of aromatic amines is 1. The van der Waals surface area contributed by atoms with E-state index in [1.165, 1.54) is 41.6 Å². The molecule has 0 bridgehead atoms. The van der Waals surface area contributed by atoms with Crippen LogP contribution in [0.15, 0.2) is 42.9 Å². The maximum absolute atomic E-state index is 4.64. The van der Waals surface area contributed by atoms with E-state index in [9.17, 15) is 0 Å². The molecule has 0 radical (unpaired) electrons. The summed E-state index contributed by atoms with van der Waals surface area (Å²) in [6.45, 7) is 4.30. The van der Waals surface area contributed by atoms with Crippen LogP contribution in [0.4, 0.5) is 0 Å². The van der Waals surface area contributed by atoms with E-state index in [0.29, 0.717) is 6.04 Å². The van der Waals surface area contributed by atoms with Gasteiger partial charge in [0.05, 0.1) is 23.6 Å². The second-order valence-electron chi connectivity index (χ2n) is 6.63. The highest BCUT2D eigenvalue weighted by Crippen LogP contribution is 2.33. The first-order valence-corrected chi connectivity index (χ1v) is 8.95. The molecule has 4 heteroatoms. The molecule has 1 N–H and O–H groups in total. The number of benzene rings is 1. The molecule has 1 aliphatic heterocycles. The van der Waals surface area contributed by atoms with Crippen molar-refractivity contribution in [1.82, 2.24) is 19.9 Å². The van der Waals surface area contributed by atoms with Gasteiger partial charge in [-0.15, -0.1) is 0 Å². The molecule has 0 unspecified atom stereocenters. The van der Waals surface area contributed by atoms with Crippen molar-refractivity contribution in [2.75, 3.05) is 6.54 Å². The van der Waals surface area contributed by atoms with Crippen LogP contribution in [0.2, 0.25) is 0 Å². The first kappa shape index (κ1) is 15.3. The Morgan fingerprint density at radius 2 is 2.12 bits per heavy atom. The predicted molar refractivity (Wildman–Crippen MR) is 96.7 cm³/mol. The van der Waals surface area contributed by atoms with Crippen LogP contribution in [-0.4, -0.2) is 26.4 Å². The van der Waals surface area contributed by atoms with Gasteiger partial charge in [-0.1, -0.05) is 38.0 Å². The van der Waals surface area contributed by atoms with Crippen molar-refractivity contribution in [3.05, 3.63) is 59.8 Å². The number of H-pyrrole nitrogens is 1. The zero-order valence-electron chi connectivity index (χ0n) is 14.2. The van der Waals surface area contributed by atoms with Crippen LogP contribution in [0.25, 0.3) is 10.9 Å². The lowest BCUT2D eigenvalue weighted by Gasteiger charge is -2.35. The number of hydrogen-bond acceptors (Lipinski definition) is 3. The standard InChI is InChI=1S/C20H24N4/c1-2-3-8-19-20-18(22-14-23-20)10-12-24(19)13-15-9-11-21-17-7-5-4-6-16(15)17/h4-7,9,11,14,19H,2-3,8,10,12-13H2,1H3,(H,22,23)/t19-/m1/s1. The van der Waals surface area contributed by atoms with Crippen LogP contribution in [-0.2, 0) is 13.0 Å². The highest BCUT2D eigenvalue weighted by molar-refractivity contribution is 5.81. The minimum atomic E-state index is 0.423. The smallest absolute Gasteiger partial charge is 0.0925 e. The van der Waals surface area contributed by atoms with E-state index in [-0.39, 0.29) is 0 Å². The van der Waals surface area contributed by atoms with Gasteiger partial charge in [0.15, 0.2) is 0 Å². The number of fused-ring (bicyclic) bond motifs is 2. The SMILES string of the molecule is CCCC[C@@H]1c2nc[nH]c2CCN1Cc1ccnc2ccccc12. The zero-order valence-corrected chi connectivity index (χ0v) is 14.2. The van der Waals surface area contributed by atoms with E-state index < -0.39 is 0 Å². The predicted octanol–water partition coefficient (Wildman–Crippen LogP) is 4.25. The lowest BCUT2D eigenvalue weighted by molar-refractivity contribution is 0.161. The molecule has 124 valence electrons. The van der Waals surface area contributed by atoms with Crippen LogP contribution in [0.5, 0.6) is 0 Å². The van der Waals surface area contributed by atoms with Crippen LogP contribution in [0.1, 0.15) is 49.2 Å². The minimum Gasteiger partial charge on any atom is -0.348 e. The summed E-state index contributed by atoms with van der Waals surface area (Å²) in [5, 5.41) is 1.27. The molecule has 1 atom stereocenters. The molecule has 0 fully saturated rings. The summed E-state index contributed by atoms with van der Waals surface area (Å²) in [7, 11) is 0. The molecule has 4 rings (SSSR count). The number of para-hydroxylation sites is 1. The van der Waals surface area contributed by atoms with E-state index in [4.69, 9.17) is 0 Å². The molecule has 0 aliphatic carbocycles. The summed E-state index contributed by atoms with van der Waals surface area (Å²) in [5.74, 6) is 0. The quantitative estimate of drug-likeness (QED) is 0.764. The van der Waals surface area contributed by atoms with Gasteiger partial charge in [0.1, 0.15) is 0 Å². The molecule has 0 saturated carbocycles. The van der Waals surface area contributed by atoms with Crippen LogP contribution >= 0.6 is 0 Å². The van der Waals surface area contributed by atoms with Gasteiger partial charge >= 0.3 is 0 Å². The van der Waals surface area contributed by atoms with Crippen molar-refractivity contribution < 1.29 is 0 Å². The average Bonchev–Trinajstić information content (AvgIpc) is 3.10. The fraction of sp³-hybridized carbons (Fsp3) is 0.400. The van der Waals surface area contributed by atoms with E-state index in [1.54, 1.807) is 0 Å². The molecule has 0 saturated heterocycles. The Morgan fingerprint density at radius 1 is 1.21 bits per heavy atom. The van der Waals surface area contributed by atoms with Gasteiger partial charge in [-0.05, 0) is 24.1 Å². The highest BCUT2D eigenvalue weighted by atomic mass is 15.2. The Balaban J connectivity index is 1.65. The largest absolute Gasteiger partial charge is 0.348 e. The molecular weight excluding hydrogens is 296 g/mol. The lowest BCUT2D eigenvalue weighted by Crippen LogP contribution is -2.35. The topological polar surface area (TPSA) is 44.8 Å². The third kappa shape index (κ3) is 2.82. The Bertz CT molecular complexity index is 818. The number of hydrogen-bond donors (Lipinski definition) is 1. The second kappa shape index (κ2) is 6.73. The lowest BCUT2D eigenvalue weighted by atomic mass is 9.96. The maximum atomic E-state index is 4.64. The summed E-state index contributed by atoms with van der Waals surface area (Å²) < 4.78 is 0. The van der Waals surface area contributed by atoms with Crippen molar-refractivity contribution in [3.8, 4) is 0 Å². The summed E-state index contributed by atoms with van der Waals surface area (Å²) in [6.07, 6.45) is 8.49. The number of nitrogens with zero attached hydrogens (tertiary/aromatic N) is 3. The fourth-order valence-electron chi connectivity index (χ4n) is 3.82. The number of rotatable bonds is 5. The monoisotopic (exact) mass is 320 g/mol. The molecule has 0 spiro atoms. The van der Waals surface area contributed by atoms with Crippen molar-refractivity contribution in [2.24, 2.45) is 0 Å². The molecule has 1 aromatic carbocycles. The first-order chi connectivity index (χ1) is 11.9. The third-order valence-electron chi connectivity index (χ3n) is 5.10. The van der Waals surface area contributed by atoms with Crippen LogP contribution in [0.3, 0.4) is 0 Å². The molecule has 24 heavy (non-hydrogen) atoms. The van der Waals surface area contributed by atoms with Gasteiger partial charge in [0.25, 0.3) is 0 Å². The molecule has 0 amide bonds. The number of unbranched alkanes of at least 4 members (excludes halogenated alkanes) is 1. The maximum Gasteiger partial charge on any atom is 0.0925 e. The fourth-order valence-corrected chi connectivity index (χ4v) is 3.82. The summed E-state index contributed by atoms with van der Waals surface area (Å²) in [5.41, 5.74) is 5.03. The molecule has 3 heterocycles. The highest BCUT2D eigenvalue weighted by Gasteiger charge is 2.29. The first-order valence-electron chi connectivity index (χ1n) is 8.95. The van der Waals surface area contributed by atoms with Gasteiger partial charge in [0, 0.05) is 36.8 Å². The van der Waals surface area contributed by atoms with Crippen molar-refractivity contribution >= 4 is 10.9 Å². The van der Waals surface area contributed by atoms with Gasteiger partial charge in [-0.3, -0.25) is 9.88 Å². The average molecular weight is 320 g/mol. The third-order valence-corrected chi connectivity index (χ3v) is 5.10. The molecular formula is C20H24N4. The van der Waals surface area contributed by atoms with Gasteiger partial charge in [0.2, 0.25) is 0 Å². The minimum absolute atomic E-state index is 0.423. The van der Waals surface area contributed by atoms with E-state index >= 15 is 0 Å². The molecule has 1 aliphatic rings. The zero-order chi connectivity index (χ0) is 16.4. The molecule has 4 nitrogen and oxygen atoms in total. The van der Waals surface area contributed by atoms with E-state index in [0.717, 1.165) is 25.0 Å². The van der Waals surface area contributed by atoms with E-state index in [1.807, 2.05) is 12.5 Å². The van der Waals surface area contributed by atoms with Gasteiger partial charge in [-0.2, -0.15) is 0 Å². The van der Waals surface area contributed by atoms with Crippen molar-refractivity contribution in [2.45, 2.75) is 45.2 Å². The summed E-state index contributed by atoms with van der Waals surface area (Å²) >= 11 is 0. The van der Waals surface area contributed by atoms with Gasteiger partial charge in [-0.25, -0.2) is 4.98 Å². The second-order valence-corrected chi connectivity index (χ2v) is 6.63. The number of pyridine rings is 1. The van der Waals surface area contributed by atoms with Crippen molar-refractivity contribution in [3.63, 3.8) is 0 Å². The summed E-state index contributed by atoms with van der Waals surface area (Å²) in [6, 6.07) is 11.0. The number of nitrogens with one attached hydrogen (secondary N) is 1. The Kier molecular flexibility index (Phi) is 4.30. The van der Waals surface area contributed by atoms with E-state index in [2.05, 4.69) is 57.1 Å². The summed E-state index contributed by atoms with van der Waals surface area (Å²) in [4.78, 5) is 15.1. The number of aromatic nitrogens is 3.